The molecule has 6 N–H and O–H groups in total. The minimum atomic E-state index is -3.78. The van der Waals surface area contributed by atoms with E-state index in [1.165, 1.54) is 24.3 Å². The third-order valence-electron chi connectivity index (χ3n) is 5.51. The first-order chi connectivity index (χ1) is 20.3. The van der Waals surface area contributed by atoms with Gasteiger partial charge in [0.2, 0.25) is 15.9 Å². The van der Waals surface area contributed by atoms with E-state index < -0.39 is 10.0 Å². The van der Waals surface area contributed by atoms with Gasteiger partial charge in [0, 0.05) is 25.2 Å². The Morgan fingerprint density at radius 2 is 1.05 bits per heavy atom. The Hall–Kier alpha value is -2.21. The molecule has 0 aromatic heterocycles. The molecule has 0 aliphatic carbocycles. The number of ether oxygens (including phenoxy) is 6. The van der Waals surface area contributed by atoms with E-state index in [1.54, 1.807) is 0 Å². The Balaban J connectivity index is 1.81. The monoisotopic (exact) mass is 620 g/mol. The number of unbranched alkanes of at least 4 members (excludes halogenated alkanes) is 3. The van der Waals surface area contributed by atoms with Crippen molar-refractivity contribution < 1.29 is 46.4 Å². The van der Waals surface area contributed by atoms with Crippen LogP contribution in [0.4, 0.5) is 0 Å². The average Bonchev–Trinajstić information content (AvgIpc) is 2.97. The zero-order valence-electron chi connectivity index (χ0n) is 24.4. The van der Waals surface area contributed by atoms with Gasteiger partial charge < -0.3 is 44.8 Å². The number of amides is 2. The Morgan fingerprint density at radius 1 is 0.619 bits per heavy atom. The van der Waals surface area contributed by atoms with Crippen molar-refractivity contribution in [2.75, 3.05) is 98.9 Å². The molecule has 15 heteroatoms. The first-order valence-corrected chi connectivity index (χ1v) is 15.7. The zero-order valence-corrected chi connectivity index (χ0v) is 25.2. The van der Waals surface area contributed by atoms with Crippen LogP contribution in [0.2, 0.25) is 0 Å². The highest BCUT2D eigenvalue weighted by atomic mass is 32.2. The second kappa shape index (κ2) is 25.3. The minimum Gasteiger partial charge on any atom is -0.378 e. The maximum Gasteiger partial charge on any atom is 0.251 e. The molecule has 242 valence electrons. The van der Waals surface area contributed by atoms with Gasteiger partial charge >= 0.3 is 0 Å². The minimum absolute atomic E-state index is 0.0220. The largest absolute Gasteiger partial charge is 0.378 e. The number of hydrogen-bond donors (Lipinski definition) is 4. The van der Waals surface area contributed by atoms with Gasteiger partial charge in [-0.1, -0.05) is 12.8 Å². The normalized spacial score (nSPS) is 11.5. The number of nitrogens with two attached hydrogens (primary N) is 2. The van der Waals surface area contributed by atoms with Crippen LogP contribution in [0.1, 0.15) is 36.0 Å². The van der Waals surface area contributed by atoms with Crippen molar-refractivity contribution in [3.63, 3.8) is 0 Å². The van der Waals surface area contributed by atoms with Crippen LogP contribution in [-0.4, -0.2) is 119 Å². The molecule has 0 heterocycles. The van der Waals surface area contributed by atoms with Gasteiger partial charge in [-0.3, -0.25) is 9.59 Å². The number of rotatable bonds is 28. The van der Waals surface area contributed by atoms with Crippen LogP contribution in [0, 0.1) is 0 Å². The number of benzene rings is 1. The highest BCUT2D eigenvalue weighted by Crippen LogP contribution is 2.08. The summed E-state index contributed by atoms with van der Waals surface area (Å²) in [5.74, 6) is -0.452. The maximum atomic E-state index is 12.1. The summed E-state index contributed by atoms with van der Waals surface area (Å²) in [4.78, 5) is 23.9. The standard InChI is InChI=1S/C27H48N4O10S/c28-9-12-36-13-14-37-15-16-38-17-18-39-19-20-40-21-22-41-23-26(32)30-10-3-1-2-4-11-31-27(33)24-5-7-25(8-6-24)42(29,34)35/h5-8H,1-4,9-23,28H2,(H,30,32)(H,31,33)(H2,29,34,35). The van der Waals surface area contributed by atoms with Crippen molar-refractivity contribution in [2.45, 2.75) is 30.6 Å². The van der Waals surface area contributed by atoms with Crippen molar-refractivity contribution in [1.82, 2.24) is 10.6 Å². The van der Waals surface area contributed by atoms with E-state index in [2.05, 4.69) is 10.6 Å². The molecule has 0 aliphatic rings. The van der Waals surface area contributed by atoms with Gasteiger partial charge in [-0.15, -0.1) is 0 Å². The molecule has 0 aliphatic heterocycles. The van der Waals surface area contributed by atoms with Gasteiger partial charge in [-0.25, -0.2) is 13.6 Å². The van der Waals surface area contributed by atoms with Crippen LogP contribution in [0.25, 0.3) is 0 Å². The summed E-state index contributed by atoms with van der Waals surface area (Å²) in [5, 5.41) is 10.7. The van der Waals surface area contributed by atoms with Gasteiger partial charge in [0.15, 0.2) is 0 Å². The topological polar surface area (TPSA) is 200 Å². The van der Waals surface area contributed by atoms with Crippen LogP contribution in [0.3, 0.4) is 0 Å². The third kappa shape index (κ3) is 21.5. The molecule has 0 spiro atoms. The summed E-state index contributed by atoms with van der Waals surface area (Å²) in [6.07, 6.45) is 3.41. The molecular formula is C27H48N4O10S. The highest BCUT2D eigenvalue weighted by Gasteiger charge is 2.10. The smallest absolute Gasteiger partial charge is 0.251 e. The van der Waals surface area contributed by atoms with E-state index in [0.29, 0.717) is 97.9 Å². The van der Waals surface area contributed by atoms with Crippen LogP contribution in [-0.2, 0) is 43.2 Å². The molecule has 2 amide bonds. The molecule has 1 rings (SSSR count). The molecule has 42 heavy (non-hydrogen) atoms. The summed E-state index contributed by atoms with van der Waals surface area (Å²) in [6.45, 7) is 6.65. The Morgan fingerprint density at radius 3 is 1.50 bits per heavy atom. The number of nitrogens with one attached hydrogen (secondary N) is 2. The molecule has 14 nitrogen and oxygen atoms in total. The molecular weight excluding hydrogens is 572 g/mol. The lowest BCUT2D eigenvalue weighted by atomic mass is 10.2. The molecule has 0 saturated heterocycles. The Labute approximate surface area is 249 Å². The average molecular weight is 621 g/mol. The summed E-state index contributed by atoms with van der Waals surface area (Å²) in [6, 6.07) is 5.45. The van der Waals surface area contributed by atoms with E-state index in [9.17, 15) is 18.0 Å². The van der Waals surface area contributed by atoms with E-state index in [4.69, 9.17) is 39.3 Å². The number of primary sulfonamides is 1. The second-order valence-corrected chi connectivity index (χ2v) is 10.6. The fourth-order valence-electron chi connectivity index (χ4n) is 3.33. The van der Waals surface area contributed by atoms with Crippen LogP contribution < -0.4 is 21.5 Å². The Kier molecular flexibility index (Phi) is 22.8. The third-order valence-corrected chi connectivity index (χ3v) is 6.44. The summed E-state index contributed by atoms with van der Waals surface area (Å²) in [7, 11) is -3.78. The van der Waals surface area contributed by atoms with Crippen molar-refractivity contribution in [3.8, 4) is 0 Å². The summed E-state index contributed by atoms with van der Waals surface area (Å²) < 4.78 is 54.6. The maximum absolute atomic E-state index is 12.1. The van der Waals surface area contributed by atoms with E-state index >= 15 is 0 Å². The van der Waals surface area contributed by atoms with Crippen molar-refractivity contribution in [1.29, 1.82) is 0 Å². The molecule has 1 aromatic rings. The van der Waals surface area contributed by atoms with Gasteiger partial charge in [0.1, 0.15) is 6.61 Å². The lowest BCUT2D eigenvalue weighted by Gasteiger charge is -2.08. The molecule has 0 unspecified atom stereocenters. The first-order valence-electron chi connectivity index (χ1n) is 14.2. The highest BCUT2D eigenvalue weighted by molar-refractivity contribution is 7.89. The molecule has 1 aromatic carbocycles. The van der Waals surface area contributed by atoms with Gasteiger partial charge in [-0.2, -0.15) is 0 Å². The predicted molar refractivity (Wildman–Crippen MR) is 156 cm³/mol. The quantitative estimate of drug-likeness (QED) is 0.0905. The summed E-state index contributed by atoms with van der Waals surface area (Å²) in [5.41, 5.74) is 5.68. The van der Waals surface area contributed by atoms with Crippen LogP contribution in [0.15, 0.2) is 29.2 Å². The Bertz CT molecular complexity index is 935. The first kappa shape index (κ1) is 37.8. The summed E-state index contributed by atoms with van der Waals surface area (Å²) >= 11 is 0. The SMILES string of the molecule is NCCOCCOCCOCCOCCOCCOCC(=O)NCCCCCCNC(=O)c1ccc(S(N)(=O)=O)cc1. The van der Waals surface area contributed by atoms with E-state index in [1.807, 2.05) is 0 Å². The lowest BCUT2D eigenvalue weighted by molar-refractivity contribution is -0.126. The molecule has 0 radical (unpaired) electrons. The van der Waals surface area contributed by atoms with Gasteiger partial charge in [0.25, 0.3) is 5.91 Å². The number of sulfonamides is 1. The zero-order chi connectivity index (χ0) is 30.7. The molecule has 0 bridgehead atoms. The lowest BCUT2D eigenvalue weighted by Crippen LogP contribution is -2.29. The predicted octanol–water partition coefficient (Wildman–Crippen LogP) is -0.201. The van der Waals surface area contributed by atoms with Gasteiger partial charge in [0.05, 0.1) is 77.6 Å². The van der Waals surface area contributed by atoms with E-state index in [0.717, 1.165) is 25.7 Å². The second-order valence-electron chi connectivity index (χ2n) is 8.99. The fraction of sp³-hybridized carbons (Fsp3) is 0.704. The van der Waals surface area contributed by atoms with Crippen molar-refractivity contribution in [3.05, 3.63) is 29.8 Å². The number of carbonyl (C=O) groups excluding carboxylic acids is 2. The molecule has 0 atom stereocenters. The van der Waals surface area contributed by atoms with Crippen molar-refractivity contribution >= 4 is 21.8 Å². The van der Waals surface area contributed by atoms with E-state index in [-0.39, 0.29) is 23.3 Å². The molecule has 0 fully saturated rings. The number of hydrogen-bond acceptors (Lipinski definition) is 11. The molecule has 0 saturated carbocycles. The fourth-order valence-corrected chi connectivity index (χ4v) is 3.85. The van der Waals surface area contributed by atoms with Crippen molar-refractivity contribution in [2.24, 2.45) is 10.9 Å². The number of carbonyl (C=O) groups is 2. The van der Waals surface area contributed by atoms with Crippen LogP contribution >= 0.6 is 0 Å². The van der Waals surface area contributed by atoms with Crippen LogP contribution in [0.5, 0.6) is 0 Å². The van der Waals surface area contributed by atoms with Gasteiger partial charge in [-0.05, 0) is 37.1 Å².